The maximum atomic E-state index is 9.51. The highest BCUT2D eigenvalue weighted by Crippen LogP contribution is 2.29. The first kappa shape index (κ1) is 12.3. The molecule has 0 atom stereocenters. The lowest BCUT2D eigenvalue weighted by Gasteiger charge is -2.20. The van der Waals surface area contributed by atoms with Crippen LogP contribution in [0.3, 0.4) is 0 Å². The smallest absolute Gasteiger partial charge is 0.137 e. The van der Waals surface area contributed by atoms with Crippen molar-refractivity contribution in [3.63, 3.8) is 0 Å². The summed E-state index contributed by atoms with van der Waals surface area (Å²) >= 11 is 0. The summed E-state index contributed by atoms with van der Waals surface area (Å²) in [4.78, 5) is 0. The Balaban J connectivity index is 3.21. The lowest BCUT2D eigenvalue weighted by molar-refractivity contribution is 0.395. The molecule has 0 radical (unpaired) electrons. The van der Waals surface area contributed by atoms with E-state index >= 15 is 0 Å². The number of nitrogens with zero attached hydrogens (tertiary/aromatic N) is 1. The molecule has 4 nitrogen and oxygen atoms in total. The molecule has 1 rings (SSSR count). The maximum absolute atomic E-state index is 9.51. The van der Waals surface area contributed by atoms with Crippen molar-refractivity contribution < 1.29 is 9.84 Å². The molecule has 0 saturated heterocycles. The minimum atomic E-state index is -0.392. The van der Waals surface area contributed by atoms with Gasteiger partial charge in [-0.15, -0.1) is 0 Å². The Morgan fingerprint density at radius 1 is 1.50 bits per heavy atom. The molecular weight excluding hydrogens is 204 g/mol. The van der Waals surface area contributed by atoms with E-state index in [1.807, 2.05) is 19.9 Å². The first-order valence-corrected chi connectivity index (χ1v) is 4.96. The largest absolute Gasteiger partial charge is 0.506 e. The number of phenolic OH excluding ortho intramolecular Hbond substituents is 1. The molecule has 1 aromatic carbocycles. The molecule has 1 aromatic rings. The second-order valence-corrected chi connectivity index (χ2v) is 4.46. The third-order valence-electron chi connectivity index (χ3n) is 2.17. The Morgan fingerprint density at radius 3 is 2.56 bits per heavy atom. The minimum absolute atomic E-state index is 0.0714. The van der Waals surface area contributed by atoms with Crippen molar-refractivity contribution in [2.45, 2.75) is 25.8 Å². The van der Waals surface area contributed by atoms with Crippen molar-refractivity contribution in [3.05, 3.63) is 23.3 Å². The van der Waals surface area contributed by atoms with Gasteiger partial charge >= 0.3 is 0 Å². The Labute approximate surface area is 95.3 Å². The zero-order valence-electron chi connectivity index (χ0n) is 9.74. The van der Waals surface area contributed by atoms with Crippen LogP contribution in [0.15, 0.2) is 12.1 Å². The van der Waals surface area contributed by atoms with Gasteiger partial charge in [0.2, 0.25) is 0 Å². The first-order chi connectivity index (χ1) is 7.37. The zero-order chi connectivity index (χ0) is 12.3. The summed E-state index contributed by atoms with van der Waals surface area (Å²) < 4.78 is 5.15. The number of hydrogen-bond donors (Lipinski definition) is 2. The molecule has 0 saturated carbocycles. The fraction of sp³-hybridized carbons (Fsp3) is 0.417. The standard InChI is InChI=1S/C12H16N2O2/c1-12(2,14)6-8-4-9(7-13)10(15)5-11(8)16-3/h4-5,15H,6,14H2,1-3H3. The van der Waals surface area contributed by atoms with Gasteiger partial charge in [0.15, 0.2) is 0 Å². The van der Waals surface area contributed by atoms with Gasteiger partial charge in [0.05, 0.1) is 12.7 Å². The number of benzene rings is 1. The van der Waals surface area contributed by atoms with E-state index in [1.54, 1.807) is 6.07 Å². The Bertz CT molecular complexity index is 428. The van der Waals surface area contributed by atoms with E-state index in [-0.39, 0.29) is 11.3 Å². The van der Waals surface area contributed by atoms with Gasteiger partial charge in [-0.25, -0.2) is 0 Å². The molecule has 0 aliphatic rings. The van der Waals surface area contributed by atoms with Gasteiger partial charge in [-0.3, -0.25) is 0 Å². The second kappa shape index (κ2) is 4.42. The molecule has 0 heterocycles. The topological polar surface area (TPSA) is 79.3 Å². The van der Waals surface area contributed by atoms with E-state index in [0.29, 0.717) is 12.2 Å². The average Bonchev–Trinajstić information content (AvgIpc) is 2.18. The predicted molar refractivity (Wildman–Crippen MR) is 61.3 cm³/mol. The molecule has 0 fully saturated rings. The van der Waals surface area contributed by atoms with Crippen molar-refractivity contribution in [2.75, 3.05) is 7.11 Å². The van der Waals surface area contributed by atoms with Crippen LogP contribution in [-0.2, 0) is 6.42 Å². The first-order valence-electron chi connectivity index (χ1n) is 4.96. The number of nitriles is 1. The average molecular weight is 220 g/mol. The van der Waals surface area contributed by atoms with Gasteiger partial charge in [-0.05, 0) is 31.9 Å². The van der Waals surface area contributed by atoms with Crippen LogP contribution in [0.1, 0.15) is 25.0 Å². The molecule has 0 aromatic heterocycles. The second-order valence-electron chi connectivity index (χ2n) is 4.46. The molecule has 16 heavy (non-hydrogen) atoms. The van der Waals surface area contributed by atoms with E-state index < -0.39 is 5.54 Å². The third kappa shape index (κ3) is 2.88. The van der Waals surface area contributed by atoms with Gasteiger partial charge in [0.25, 0.3) is 0 Å². The highest BCUT2D eigenvalue weighted by molar-refractivity contribution is 5.51. The van der Waals surface area contributed by atoms with Gasteiger partial charge in [0.1, 0.15) is 17.6 Å². The lowest BCUT2D eigenvalue weighted by Crippen LogP contribution is -2.34. The molecule has 0 aliphatic heterocycles. The molecule has 0 amide bonds. The van der Waals surface area contributed by atoms with Crippen molar-refractivity contribution >= 4 is 0 Å². The van der Waals surface area contributed by atoms with Crippen LogP contribution < -0.4 is 10.5 Å². The van der Waals surface area contributed by atoms with Crippen molar-refractivity contribution in [1.29, 1.82) is 5.26 Å². The van der Waals surface area contributed by atoms with Crippen LogP contribution in [0, 0.1) is 11.3 Å². The summed E-state index contributed by atoms with van der Waals surface area (Å²) in [6, 6.07) is 4.98. The highest BCUT2D eigenvalue weighted by atomic mass is 16.5. The zero-order valence-corrected chi connectivity index (χ0v) is 9.74. The van der Waals surface area contributed by atoms with E-state index in [9.17, 15) is 5.11 Å². The quantitative estimate of drug-likeness (QED) is 0.810. The number of aromatic hydroxyl groups is 1. The maximum Gasteiger partial charge on any atom is 0.137 e. The molecule has 0 aliphatic carbocycles. The number of nitrogens with two attached hydrogens (primary N) is 1. The van der Waals surface area contributed by atoms with Crippen LogP contribution in [0.2, 0.25) is 0 Å². The third-order valence-corrected chi connectivity index (χ3v) is 2.17. The number of rotatable bonds is 3. The fourth-order valence-corrected chi connectivity index (χ4v) is 1.52. The summed E-state index contributed by atoms with van der Waals surface area (Å²) in [5, 5.41) is 18.3. The molecular formula is C12H16N2O2. The molecule has 0 bridgehead atoms. The molecule has 3 N–H and O–H groups in total. The molecule has 4 heteroatoms. The van der Waals surface area contributed by atoms with Gasteiger partial charge in [-0.2, -0.15) is 5.26 Å². The number of methoxy groups -OCH3 is 1. The van der Waals surface area contributed by atoms with Crippen molar-refractivity contribution in [3.8, 4) is 17.6 Å². The van der Waals surface area contributed by atoms with E-state index in [1.165, 1.54) is 13.2 Å². The van der Waals surface area contributed by atoms with E-state index in [0.717, 1.165) is 5.56 Å². The summed E-state index contributed by atoms with van der Waals surface area (Å²) in [6.07, 6.45) is 0.575. The number of phenols is 1. The highest BCUT2D eigenvalue weighted by Gasteiger charge is 2.17. The molecule has 0 unspecified atom stereocenters. The van der Waals surface area contributed by atoms with Gasteiger partial charge in [-0.1, -0.05) is 0 Å². The number of hydrogen-bond acceptors (Lipinski definition) is 4. The van der Waals surface area contributed by atoms with Crippen molar-refractivity contribution in [1.82, 2.24) is 0 Å². The summed E-state index contributed by atoms with van der Waals surface area (Å²) in [5.74, 6) is 0.480. The van der Waals surface area contributed by atoms with Crippen LogP contribution in [0.4, 0.5) is 0 Å². The van der Waals surface area contributed by atoms with Gasteiger partial charge < -0.3 is 15.6 Å². The normalized spacial score (nSPS) is 10.9. The predicted octanol–water partition coefficient (Wildman–Crippen LogP) is 1.55. The van der Waals surface area contributed by atoms with Crippen LogP contribution in [0.25, 0.3) is 0 Å². The van der Waals surface area contributed by atoms with E-state index in [4.69, 9.17) is 15.7 Å². The summed E-state index contributed by atoms with van der Waals surface area (Å²) in [7, 11) is 1.52. The van der Waals surface area contributed by atoms with Crippen LogP contribution >= 0.6 is 0 Å². The fourth-order valence-electron chi connectivity index (χ4n) is 1.52. The monoisotopic (exact) mass is 220 g/mol. The SMILES string of the molecule is COc1cc(O)c(C#N)cc1CC(C)(C)N. The lowest BCUT2D eigenvalue weighted by atomic mass is 9.94. The van der Waals surface area contributed by atoms with Crippen LogP contribution in [-0.4, -0.2) is 17.8 Å². The van der Waals surface area contributed by atoms with Crippen molar-refractivity contribution in [2.24, 2.45) is 5.73 Å². The minimum Gasteiger partial charge on any atom is -0.506 e. The van der Waals surface area contributed by atoms with Crippen LogP contribution in [0.5, 0.6) is 11.5 Å². The summed E-state index contributed by atoms with van der Waals surface area (Å²) in [5.41, 5.74) is 6.59. The Kier molecular flexibility index (Phi) is 3.41. The van der Waals surface area contributed by atoms with E-state index in [2.05, 4.69) is 0 Å². The number of ether oxygens (including phenoxy) is 1. The van der Waals surface area contributed by atoms with Gasteiger partial charge in [0, 0.05) is 11.6 Å². The summed E-state index contributed by atoms with van der Waals surface area (Å²) in [6.45, 7) is 3.79. The molecule has 0 spiro atoms. The Hall–Kier alpha value is -1.73. The Morgan fingerprint density at radius 2 is 2.12 bits per heavy atom. The molecule has 86 valence electrons.